The topological polar surface area (TPSA) is 115 Å². The van der Waals surface area contributed by atoms with Crippen molar-refractivity contribution in [1.29, 1.82) is 0 Å². The number of aromatic hydroxyl groups is 1. The maximum atomic E-state index is 11.4. The summed E-state index contributed by atoms with van der Waals surface area (Å²) >= 11 is 0. The van der Waals surface area contributed by atoms with E-state index in [1.165, 1.54) is 6.07 Å². The highest BCUT2D eigenvalue weighted by Crippen LogP contribution is 2.37. The average Bonchev–Trinajstić information content (AvgIpc) is 3.35. The van der Waals surface area contributed by atoms with E-state index < -0.39 is 5.97 Å². The van der Waals surface area contributed by atoms with Gasteiger partial charge in [-0.1, -0.05) is 6.07 Å². The van der Waals surface area contributed by atoms with Crippen LogP contribution in [0.3, 0.4) is 0 Å². The summed E-state index contributed by atoms with van der Waals surface area (Å²) in [6, 6.07) is 9.14. The summed E-state index contributed by atoms with van der Waals surface area (Å²) in [5.41, 5.74) is 3.00. The van der Waals surface area contributed by atoms with E-state index >= 15 is 0 Å². The smallest absolute Gasteiger partial charge is 0.339 e. The summed E-state index contributed by atoms with van der Waals surface area (Å²) < 4.78 is 0. The van der Waals surface area contributed by atoms with Crippen molar-refractivity contribution in [2.24, 2.45) is 0 Å². The standard InChI is InChI=1S/C21H19N5O3/c1-11-3-2-8-26(11)20-17(12-4-6-15-13(9-12)10-22-25-15)23-16-7-5-14(21(28)29)19(27)18(16)24-20/h4-7,9-11,27H,2-3,8H2,1H3,(H,22,25)(H,28,29). The molecule has 0 amide bonds. The van der Waals surface area contributed by atoms with Gasteiger partial charge in [-0.25, -0.2) is 14.8 Å². The number of anilines is 1. The van der Waals surface area contributed by atoms with E-state index in [9.17, 15) is 15.0 Å². The Balaban J connectivity index is 1.78. The van der Waals surface area contributed by atoms with E-state index in [2.05, 4.69) is 22.0 Å². The lowest BCUT2D eigenvalue weighted by Gasteiger charge is -2.25. The third-order valence-electron chi connectivity index (χ3n) is 5.56. The number of carboxylic acid groups (broad SMARTS) is 1. The molecule has 5 rings (SSSR count). The van der Waals surface area contributed by atoms with Gasteiger partial charge in [0.15, 0.2) is 11.6 Å². The fourth-order valence-electron chi connectivity index (χ4n) is 4.00. The molecule has 8 nitrogen and oxygen atoms in total. The lowest BCUT2D eigenvalue weighted by Crippen LogP contribution is -2.28. The Morgan fingerprint density at radius 2 is 2.10 bits per heavy atom. The van der Waals surface area contributed by atoms with Crippen LogP contribution in [-0.4, -0.2) is 48.9 Å². The molecule has 1 atom stereocenters. The number of nitrogens with zero attached hydrogens (tertiary/aromatic N) is 4. The number of hydrogen-bond donors (Lipinski definition) is 3. The fourth-order valence-corrected chi connectivity index (χ4v) is 4.00. The van der Waals surface area contributed by atoms with Crippen molar-refractivity contribution < 1.29 is 15.0 Å². The van der Waals surface area contributed by atoms with Crippen LogP contribution in [0.1, 0.15) is 30.1 Å². The van der Waals surface area contributed by atoms with Gasteiger partial charge in [0.2, 0.25) is 0 Å². The first kappa shape index (κ1) is 17.4. The molecule has 0 aliphatic carbocycles. The summed E-state index contributed by atoms with van der Waals surface area (Å²) in [5, 5.41) is 27.8. The summed E-state index contributed by atoms with van der Waals surface area (Å²) in [6.07, 6.45) is 3.85. The van der Waals surface area contributed by atoms with Crippen LogP contribution in [-0.2, 0) is 0 Å². The van der Waals surface area contributed by atoms with Gasteiger partial charge in [0.05, 0.1) is 17.2 Å². The Morgan fingerprint density at radius 1 is 1.24 bits per heavy atom. The second-order valence-corrected chi connectivity index (χ2v) is 7.39. The van der Waals surface area contributed by atoms with Gasteiger partial charge in [0, 0.05) is 23.5 Å². The third-order valence-corrected chi connectivity index (χ3v) is 5.56. The van der Waals surface area contributed by atoms with Gasteiger partial charge in [-0.15, -0.1) is 0 Å². The number of carboxylic acids is 1. The number of aromatic nitrogens is 4. The first-order chi connectivity index (χ1) is 14.0. The zero-order chi connectivity index (χ0) is 20.1. The third kappa shape index (κ3) is 2.75. The van der Waals surface area contributed by atoms with Crippen LogP contribution in [0.2, 0.25) is 0 Å². The van der Waals surface area contributed by atoms with Crippen molar-refractivity contribution in [3.05, 3.63) is 42.1 Å². The minimum atomic E-state index is -1.20. The maximum Gasteiger partial charge on any atom is 0.339 e. The molecule has 8 heteroatoms. The van der Waals surface area contributed by atoms with E-state index in [0.717, 1.165) is 35.9 Å². The molecule has 0 bridgehead atoms. The summed E-state index contributed by atoms with van der Waals surface area (Å²) in [6.45, 7) is 2.97. The fraction of sp³-hybridized carbons (Fsp3) is 0.238. The number of hydrogen-bond acceptors (Lipinski definition) is 6. The normalized spacial score (nSPS) is 16.7. The molecule has 2 aromatic carbocycles. The van der Waals surface area contributed by atoms with Crippen molar-refractivity contribution in [2.75, 3.05) is 11.4 Å². The minimum absolute atomic E-state index is 0.181. The SMILES string of the molecule is CC1CCCN1c1nc2c(O)c(C(=O)O)ccc2nc1-c1ccc2[nH]ncc2c1. The van der Waals surface area contributed by atoms with Crippen LogP contribution < -0.4 is 4.90 Å². The summed E-state index contributed by atoms with van der Waals surface area (Å²) in [5.74, 6) is -0.896. The van der Waals surface area contributed by atoms with Crippen molar-refractivity contribution in [3.63, 3.8) is 0 Å². The highest BCUT2D eigenvalue weighted by molar-refractivity contribution is 5.99. The molecule has 146 valence electrons. The van der Waals surface area contributed by atoms with Gasteiger partial charge in [0.1, 0.15) is 16.8 Å². The van der Waals surface area contributed by atoms with E-state index in [1.54, 1.807) is 12.3 Å². The first-order valence-corrected chi connectivity index (χ1v) is 9.50. The van der Waals surface area contributed by atoms with E-state index in [-0.39, 0.29) is 22.9 Å². The van der Waals surface area contributed by atoms with Gasteiger partial charge < -0.3 is 15.1 Å². The quantitative estimate of drug-likeness (QED) is 0.491. The molecular weight excluding hydrogens is 370 g/mol. The van der Waals surface area contributed by atoms with Crippen LogP contribution in [0, 0.1) is 0 Å². The van der Waals surface area contributed by atoms with Crippen molar-refractivity contribution in [1.82, 2.24) is 20.2 Å². The Hall–Kier alpha value is -3.68. The molecule has 0 spiro atoms. The molecule has 1 aliphatic rings. The summed E-state index contributed by atoms with van der Waals surface area (Å²) in [4.78, 5) is 23.1. The zero-order valence-corrected chi connectivity index (χ0v) is 15.8. The number of aromatic amines is 1. The number of fused-ring (bicyclic) bond motifs is 2. The monoisotopic (exact) mass is 389 g/mol. The average molecular weight is 389 g/mol. The Morgan fingerprint density at radius 3 is 2.86 bits per heavy atom. The number of phenols is 1. The molecule has 0 saturated carbocycles. The van der Waals surface area contributed by atoms with E-state index in [4.69, 9.17) is 9.97 Å². The van der Waals surface area contributed by atoms with Crippen molar-refractivity contribution in [3.8, 4) is 17.0 Å². The van der Waals surface area contributed by atoms with Crippen LogP contribution >= 0.6 is 0 Å². The zero-order valence-electron chi connectivity index (χ0n) is 15.8. The van der Waals surface area contributed by atoms with Crippen LogP contribution in [0.4, 0.5) is 5.82 Å². The van der Waals surface area contributed by atoms with Gasteiger partial charge in [-0.3, -0.25) is 5.10 Å². The minimum Gasteiger partial charge on any atom is -0.505 e. The van der Waals surface area contributed by atoms with Crippen LogP contribution in [0.15, 0.2) is 36.5 Å². The number of benzene rings is 2. The van der Waals surface area contributed by atoms with E-state index in [0.29, 0.717) is 17.0 Å². The molecule has 3 heterocycles. The number of rotatable bonds is 3. The largest absolute Gasteiger partial charge is 0.505 e. The Bertz CT molecular complexity index is 1270. The number of nitrogens with one attached hydrogen (secondary N) is 1. The molecule has 2 aromatic heterocycles. The molecule has 1 aliphatic heterocycles. The van der Waals surface area contributed by atoms with Gasteiger partial charge in [-0.05, 0) is 44.0 Å². The van der Waals surface area contributed by atoms with Crippen molar-refractivity contribution in [2.45, 2.75) is 25.8 Å². The maximum absolute atomic E-state index is 11.4. The Labute approximate surface area is 165 Å². The first-order valence-electron chi connectivity index (χ1n) is 9.50. The van der Waals surface area contributed by atoms with Crippen molar-refractivity contribution >= 4 is 33.7 Å². The van der Waals surface area contributed by atoms with E-state index in [1.807, 2.05) is 18.2 Å². The molecule has 3 N–H and O–H groups in total. The Kier molecular flexibility index (Phi) is 3.87. The molecule has 29 heavy (non-hydrogen) atoms. The number of aromatic carboxylic acids is 1. The van der Waals surface area contributed by atoms with Crippen LogP contribution in [0.25, 0.3) is 33.2 Å². The van der Waals surface area contributed by atoms with Gasteiger partial charge in [-0.2, -0.15) is 5.10 Å². The summed E-state index contributed by atoms with van der Waals surface area (Å²) in [7, 11) is 0. The second-order valence-electron chi connectivity index (χ2n) is 7.39. The predicted molar refractivity (Wildman–Crippen MR) is 109 cm³/mol. The second kappa shape index (κ2) is 6.44. The molecule has 4 aromatic rings. The van der Waals surface area contributed by atoms with Crippen LogP contribution in [0.5, 0.6) is 5.75 Å². The van der Waals surface area contributed by atoms with Gasteiger partial charge in [0.25, 0.3) is 0 Å². The lowest BCUT2D eigenvalue weighted by molar-refractivity contribution is 0.0694. The molecule has 0 radical (unpaired) electrons. The molecule has 1 saturated heterocycles. The number of H-pyrrole nitrogens is 1. The highest BCUT2D eigenvalue weighted by Gasteiger charge is 2.27. The predicted octanol–water partition coefficient (Wildman–Crippen LogP) is 3.57. The number of carbonyl (C=O) groups is 1. The lowest BCUT2D eigenvalue weighted by atomic mass is 10.1. The van der Waals surface area contributed by atoms with Gasteiger partial charge >= 0.3 is 5.97 Å². The molecular formula is C21H19N5O3. The molecule has 1 fully saturated rings. The highest BCUT2D eigenvalue weighted by atomic mass is 16.4. The molecule has 1 unspecified atom stereocenters.